The monoisotopic (exact) mass is 468 g/mol. The molecule has 31 heavy (non-hydrogen) atoms. The molecule has 3 heterocycles. The van der Waals surface area contributed by atoms with E-state index < -0.39 is 20.9 Å². The van der Waals surface area contributed by atoms with Crippen LogP contribution in [0.5, 0.6) is 0 Å². The van der Waals surface area contributed by atoms with E-state index in [0.717, 1.165) is 6.26 Å². The molecule has 8 nitrogen and oxygen atoms in total. The molecule has 166 valence electrons. The average Bonchev–Trinajstić information content (AvgIpc) is 3.26. The van der Waals surface area contributed by atoms with Crippen molar-refractivity contribution in [3.8, 4) is 0 Å². The summed E-state index contributed by atoms with van der Waals surface area (Å²) in [6, 6.07) is 4.06. The predicted molar refractivity (Wildman–Crippen MR) is 113 cm³/mol. The fourth-order valence-electron chi connectivity index (χ4n) is 4.07. The molecule has 1 unspecified atom stereocenters. The number of carbonyl (C=O) groups is 2. The van der Waals surface area contributed by atoms with Crippen molar-refractivity contribution in [1.29, 1.82) is 0 Å². The zero-order valence-corrected chi connectivity index (χ0v) is 18.7. The minimum Gasteiger partial charge on any atom is -0.332 e. The van der Waals surface area contributed by atoms with E-state index in [2.05, 4.69) is 5.10 Å². The van der Waals surface area contributed by atoms with Gasteiger partial charge in [-0.15, -0.1) is 0 Å². The second-order valence-corrected chi connectivity index (χ2v) is 10.8. The molecule has 2 aromatic rings. The quantitative estimate of drug-likeness (QED) is 0.682. The molecule has 1 fully saturated rings. The van der Waals surface area contributed by atoms with Crippen LogP contribution >= 0.6 is 11.6 Å². The molecule has 0 saturated carbocycles. The summed E-state index contributed by atoms with van der Waals surface area (Å²) in [7, 11) is -3.35. The van der Waals surface area contributed by atoms with Gasteiger partial charge in [0.25, 0.3) is 0 Å². The molecule has 0 radical (unpaired) electrons. The third-order valence-electron chi connectivity index (χ3n) is 5.86. The molecule has 11 heteroatoms. The van der Waals surface area contributed by atoms with Crippen LogP contribution in [0.2, 0.25) is 5.02 Å². The molecule has 0 bridgehead atoms. The average molecular weight is 469 g/mol. The van der Waals surface area contributed by atoms with Gasteiger partial charge in [-0.2, -0.15) is 5.10 Å². The van der Waals surface area contributed by atoms with Gasteiger partial charge in [-0.25, -0.2) is 12.8 Å². The van der Waals surface area contributed by atoms with Crippen LogP contribution < -0.4 is 4.90 Å². The molecule has 1 aromatic carbocycles. The summed E-state index contributed by atoms with van der Waals surface area (Å²) in [5, 5.41) is 3.56. The first kappa shape index (κ1) is 21.8. The molecular formula is C20H22ClFN4O4S. The predicted octanol–water partition coefficient (Wildman–Crippen LogP) is 1.80. The van der Waals surface area contributed by atoms with Gasteiger partial charge in [0.1, 0.15) is 5.82 Å². The molecule has 0 spiro atoms. The Morgan fingerprint density at radius 1 is 1.32 bits per heavy atom. The number of amides is 2. The Bertz CT molecular complexity index is 1170. The fraction of sp³-hybridized carbons (Fsp3) is 0.450. The number of anilines is 1. The summed E-state index contributed by atoms with van der Waals surface area (Å²) < 4.78 is 39.0. The van der Waals surface area contributed by atoms with Crippen LogP contribution in [0.25, 0.3) is 0 Å². The largest absolute Gasteiger partial charge is 0.332 e. The van der Waals surface area contributed by atoms with Crippen molar-refractivity contribution in [2.24, 2.45) is 0 Å². The van der Waals surface area contributed by atoms with Crippen LogP contribution in [0.15, 0.2) is 24.4 Å². The number of benzene rings is 1. The minimum atomic E-state index is -3.35. The molecule has 4 rings (SSSR count). The van der Waals surface area contributed by atoms with E-state index in [0.29, 0.717) is 23.5 Å². The van der Waals surface area contributed by atoms with Gasteiger partial charge in [0, 0.05) is 25.3 Å². The van der Waals surface area contributed by atoms with E-state index in [1.807, 2.05) is 6.92 Å². The molecule has 2 atom stereocenters. The number of hydrogen-bond acceptors (Lipinski definition) is 5. The Kier molecular flexibility index (Phi) is 5.55. The third kappa shape index (κ3) is 4.18. The smallest absolute Gasteiger partial charge is 0.228 e. The molecular weight excluding hydrogens is 447 g/mol. The first-order chi connectivity index (χ1) is 14.5. The van der Waals surface area contributed by atoms with E-state index in [1.165, 1.54) is 23.1 Å². The highest BCUT2D eigenvalue weighted by molar-refractivity contribution is 7.91. The van der Waals surface area contributed by atoms with Crippen molar-refractivity contribution >= 4 is 38.9 Å². The SMILES string of the molecule is C[C@H]1Cn2ncc(N3CC(S(C)(=O)=O)CC3=O)c2CN1C(=O)Cc1ccc(F)c(Cl)c1. The minimum absolute atomic E-state index is 0.0367. The molecule has 2 aliphatic rings. The first-order valence-corrected chi connectivity index (χ1v) is 12.1. The summed E-state index contributed by atoms with van der Waals surface area (Å²) in [6.07, 6.45) is 2.68. The van der Waals surface area contributed by atoms with Crippen molar-refractivity contribution in [3.63, 3.8) is 0 Å². The fourth-order valence-corrected chi connectivity index (χ4v) is 5.13. The number of hydrogen-bond donors (Lipinski definition) is 0. The van der Waals surface area contributed by atoms with Gasteiger partial charge in [-0.1, -0.05) is 17.7 Å². The lowest BCUT2D eigenvalue weighted by molar-refractivity contribution is -0.134. The lowest BCUT2D eigenvalue weighted by Crippen LogP contribution is -2.46. The lowest BCUT2D eigenvalue weighted by atomic mass is 10.1. The van der Waals surface area contributed by atoms with Crippen molar-refractivity contribution < 1.29 is 22.4 Å². The Balaban J connectivity index is 1.55. The van der Waals surface area contributed by atoms with Crippen LogP contribution in [0.4, 0.5) is 10.1 Å². The van der Waals surface area contributed by atoms with Crippen LogP contribution in [0.1, 0.15) is 24.6 Å². The van der Waals surface area contributed by atoms with Crippen LogP contribution in [0, 0.1) is 5.82 Å². The Labute approximate surface area is 184 Å². The van der Waals surface area contributed by atoms with Crippen LogP contribution in [0.3, 0.4) is 0 Å². The number of sulfone groups is 1. The van der Waals surface area contributed by atoms with E-state index in [-0.39, 0.29) is 48.8 Å². The topological polar surface area (TPSA) is 92.6 Å². The standard InChI is InChI=1S/C20H22ClFN4O4S/c1-12-9-26-18(11-24(12)19(27)6-13-3-4-16(22)15(21)5-13)17(8-23-26)25-10-14(7-20(25)28)31(2,29)30/h3-5,8,12,14H,6-7,9-11H2,1-2H3/t12-,14?/m0/s1. The molecule has 0 aliphatic carbocycles. The van der Waals surface area contributed by atoms with Gasteiger partial charge >= 0.3 is 0 Å². The number of aromatic nitrogens is 2. The van der Waals surface area contributed by atoms with Gasteiger partial charge in [-0.05, 0) is 24.6 Å². The zero-order valence-electron chi connectivity index (χ0n) is 17.1. The highest BCUT2D eigenvalue weighted by atomic mass is 35.5. The summed E-state index contributed by atoms with van der Waals surface area (Å²) in [6.45, 7) is 2.66. The summed E-state index contributed by atoms with van der Waals surface area (Å²) in [4.78, 5) is 28.6. The molecule has 2 aliphatic heterocycles. The van der Waals surface area contributed by atoms with Crippen molar-refractivity contribution in [2.75, 3.05) is 17.7 Å². The Morgan fingerprint density at radius 2 is 2.06 bits per heavy atom. The number of nitrogens with zero attached hydrogens (tertiary/aromatic N) is 4. The summed E-state index contributed by atoms with van der Waals surface area (Å²) in [5.74, 6) is -0.973. The van der Waals surface area contributed by atoms with Gasteiger partial charge < -0.3 is 9.80 Å². The molecule has 0 N–H and O–H groups in total. The first-order valence-electron chi connectivity index (χ1n) is 9.82. The summed E-state index contributed by atoms with van der Waals surface area (Å²) in [5.41, 5.74) is 1.82. The third-order valence-corrected chi connectivity index (χ3v) is 7.68. The number of halogens is 2. The number of carbonyl (C=O) groups excluding carboxylic acids is 2. The maximum absolute atomic E-state index is 13.4. The Hall–Kier alpha value is -2.46. The van der Waals surface area contributed by atoms with Gasteiger partial charge in [0.05, 0.1) is 47.4 Å². The zero-order chi connectivity index (χ0) is 22.5. The Morgan fingerprint density at radius 3 is 2.71 bits per heavy atom. The molecule has 1 saturated heterocycles. The maximum atomic E-state index is 13.4. The van der Waals surface area contributed by atoms with Gasteiger partial charge in [0.2, 0.25) is 11.8 Å². The van der Waals surface area contributed by atoms with E-state index in [9.17, 15) is 22.4 Å². The van der Waals surface area contributed by atoms with Crippen molar-refractivity contribution in [3.05, 3.63) is 46.5 Å². The number of fused-ring (bicyclic) bond motifs is 1. The van der Waals surface area contributed by atoms with Crippen molar-refractivity contribution in [2.45, 2.75) is 44.1 Å². The van der Waals surface area contributed by atoms with Crippen LogP contribution in [-0.4, -0.2) is 59.0 Å². The van der Waals surface area contributed by atoms with Crippen molar-refractivity contribution in [1.82, 2.24) is 14.7 Å². The summed E-state index contributed by atoms with van der Waals surface area (Å²) >= 11 is 5.82. The van der Waals surface area contributed by atoms with E-state index in [4.69, 9.17) is 11.6 Å². The van der Waals surface area contributed by atoms with Gasteiger partial charge in [-0.3, -0.25) is 14.3 Å². The lowest BCUT2D eigenvalue weighted by Gasteiger charge is -2.35. The highest BCUT2D eigenvalue weighted by Gasteiger charge is 2.39. The molecule has 1 aromatic heterocycles. The molecule has 2 amide bonds. The number of rotatable bonds is 4. The second kappa shape index (κ2) is 7.90. The van der Waals surface area contributed by atoms with Gasteiger partial charge in [0.15, 0.2) is 9.84 Å². The second-order valence-electron chi connectivity index (χ2n) is 8.11. The maximum Gasteiger partial charge on any atom is 0.228 e. The van der Waals surface area contributed by atoms with Crippen LogP contribution in [-0.2, 0) is 38.9 Å². The van der Waals surface area contributed by atoms with E-state index in [1.54, 1.807) is 15.8 Å². The normalized spacial score (nSPS) is 21.5. The highest BCUT2D eigenvalue weighted by Crippen LogP contribution is 2.31. The van der Waals surface area contributed by atoms with E-state index >= 15 is 0 Å².